The van der Waals surface area contributed by atoms with Crippen LogP contribution in [0.25, 0.3) is 0 Å². The van der Waals surface area contributed by atoms with Gasteiger partial charge in [0.1, 0.15) is 22.8 Å². The maximum absolute atomic E-state index is 14.2. The fourth-order valence-electron chi connectivity index (χ4n) is 7.70. The number of aliphatic carboxylic acids is 1. The van der Waals surface area contributed by atoms with Crippen LogP contribution in [-0.2, 0) is 39.5 Å². The van der Waals surface area contributed by atoms with E-state index in [-0.39, 0.29) is 51.0 Å². The smallest absolute Gasteiger partial charge is 0.352 e. The van der Waals surface area contributed by atoms with Gasteiger partial charge >= 0.3 is 5.97 Å². The van der Waals surface area contributed by atoms with Gasteiger partial charge in [-0.3, -0.25) is 19.3 Å². The molecule has 4 N–H and O–H groups in total. The van der Waals surface area contributed by atoms with Gasteiger partial charge in [0.15, 0.2) is 20.7 Å². The number of sulfone groups is 1. The Morgan fingerprint density at radius 1 is 0.982 bits per heavy atom. The van der Waals surface area contributed by atoms with E-state index in [9.17, 15) is 32.7 Å². The van der Waals surface area contributed by atoms with Crippen LogP contribution in [0.4, 0.5) is 5.13 Å². The zero-order chi connectivity index (χ0) is 39.9. The van der Waals surface area contributed by atoms with E-state index >= 15 is 0 Å². The molecule has 4 aromatic rings. The average Bonchev–Trinajstić information content (AvgIpc) is 3.93. The van der Waals surface area contributed by atoms with Gasteiger partial charge in [-0.2, -0.15) is 0 Å². The second kappa shape index (κ2) is 15.3. The van der Waals surface area contributed by atoms with Crippen molar-refractivity contribution >= 4 is 67.5 Å². The van der Waals surface area contributed by atoms with Crippen LogP contribution in [0.3, 0.4) is 0 Å². The summed E-state index contributed by atoms with van der Waals surface area (Å²) in [6.45, 7) is 0.328. The molecule has 17 heteroatoms. The second-order valence-corrected chi connectivity index (χ2v) is 18.1. The molecule has 3 aromatic carbocycles. The molecule has 0 radical (unpaired) electrons. The first-order valence-corrected chi connectivity index (χ1v) is 21.8. The minimum atomic E-state index is -3.21. The number of aromatic nitrogens is 1. The van der Waals surface area contributed by atoms with Crippen LogP contribution in [0.5, 0.6) is 0 Å². The van der Waals surface area contributed by atoms with Crippen molar-refractivity contribution < 1.29 is 37.5 Å². The summed E-state index contributed by atoms with van der Waals surface area (Å²) in [5, 5.41) is 18.5. The number of oxime groups is 1. The number of β-lactam (4-membered cyclic amide) rings is 1. The van der Waals surface area contributed by atoms with Crippen LogP contribution in [0.15, 0.2) is 124 Å². The first-order valence-electron chi connectivity index (χ1n) is 18.0. The number of nitrogens with zero attached hydrogens (tertiary/aromatic N) is 4. The number of nitrogens with one attached hydrogen (secondary N) is 1. The lowest BCUT2D eigenvalue weighted by Crippen LogP contribution is -2.71. The summed E-state index contributed by atoms with van der Waals surface area (Å²) in [5.74, 6) is -3.08. The average molecular weight is 825 g/mol. The highest BCUT2D eigenvalue weighted by Gasteiger charge is 2.54. The predicted octanol–water partition coefficient (Wildman–Crippen LogP) is 3.52. The quantitative estimate of drug-likeness (QED) is 0.0657. The lowest BCUT2D eigenvalue weighted by molar-refractivity contribution is -0.150. The third-order valence-electron chi connectivity index (χ3n) is 10.4. The zero-order valence-electron chi connectivity index (χ0n) is 30.2. The SMILES string of the molecule is Nc1nc(C(=NOC(c2ccccc2)(c2ccccc2)c2ccccc2)C(=O)N[C@@H]2C(=O)N3C(C(=O)O)=C(C=C4CCN(C5CCS(=O)(=O)C5)C4=O)CS[C@H]23)cs1. The van der Waals surface area contributed by atoms with Crippen molar-refractivity contribution in [3.63, 3.8) is 0 Å². The second-order valence-electron chi connectivity index (χ2n) is 13.9. The molecule has 3 fully saturated rings. The number of carbonyl (C=O) groups is 4. The number of carboxylic acids is 1. The van der Waals surface area contributed by atoms with Crippen molar-refractivity contribution in [2.24, 2.45) is 5.16 Å². The number of amides is 3. The van der Waals surface area contributed by atoms with Gasteiger partial charge in [-0.15, -0.1) is 23.1 Å². The molecule has 292 valence electrons. The van der Waals surface area contributed by atoms with Crippen molar-refractivity contribution in [1.82, 2.24) is 20.1 Å². The van der Waals surface area contributed by atoms with Crippen molar-refractivity contribution in [2.45, 2.75) is 35.9 Å². The lowest BCUT2D eigenvalue weighted by Gasteiger charge is -2.49. The van der Waals surface area contributed by atoms with Crippen LogP contribution in [0.2, 0.25) is 0 Å². The summed E-state index contributed by atoms with van der Waals surface area (Å²) in [6, 6.07) is 26.8. The Labute approximate surface area is 336 Å². The fourth-order valence-corrected chi connectivity index (χ4v) is 11.3. The number of hydrogen-bond acceptors (Lipinski definition) is 12. The Balaban J connectivity index is 1.08. The molecule has 0 spiro atoms. The number of anilines is 1. The summed E-state index contributed by atoms with van der Waals surface area (Å²) in [6.07, 6.45) is 2.18. The molecule has 1 aromatic heterocycles. The number of nitrogen functional groups attached to an aromatic ring is 1. The van der Waals surface area contributed by atoms with E-state index in [1.807, 2.05) is 91.0 Å². The number of nitrogens with two attached hydrogens (primary N) is 1. The molecule has 3 amide bonds. The number of allylic oxidation sites excluding steroid dienone is 1. The molecule has 14 nitrogen and oxygen atoms in total. The molecule has 4 aliphatic rings. The Hall–Kier alpha value is -5.78. The summed E-state index contributed by atoms with van der Waals surface area (Å²) in [5.41, 5.74) is 7.06. The number of thiazole rings is 1. The Bertz CT molecular complexity index is 2360. The number of benzene rings is 3. The number of thioether (sulfide) groups is 1. The third-order valence-corrected chi connectivity index (χ3v) is 14.2. The molecule has 0 saturated carbocycles. The Morgan fingerprint density at radius 3 is 2.12 bits per heavy atom. The number of likely N-dealkylation sites (tertiary alicyclic amines) is 1. The van der Waals surface area contributed by atoms with E-state index in [0.717, 1.165) is 32.9 Å². The molecule has 4 aliphatic heterocycles. The normalized spacial score (nSPS) is 22.7. The molecule has 3 atom stereocenters. The first kappa shape index (κ1) is 38.1. The van der Waals surface area contributed by atoms with Crippen LogP contribution >= 0.6 is 23.1 Å². The Kier molecular flexibility index (Phi) is 10.2. The van der Waals surface area contributed by atoms with Crippen molar-refractivity contribution in [1.29, 1.82) is 0 Å². The standard InChI is InChI=1S/C40H36N6O8S3/c41-39-42-30(22-56-39)31(44-54-40(26-10-4-1-5-11-26,27-12-6-2-7-13-27)28-14-8-3-9-15-28)34(47)43-32-36(49)46-33(38(50)51)25(21-55-37(32)46)20-24-16-18-45(35(24)48)29-17-19-57(52,53)23-29/h1-15,20,22,29,32,37H,16-19,21,23H2,(H2,41,42)(H,43,47)(H,50,51)/t29?,32-,37-/m1/s1. The monoisotopic (exact) mass is 824 g/mol. The summed E-state index contributed by atoms with van der Waals surface area (Å²) < 4.78 is 24.1. The minimum Gasteiger partial charge on any atom is -0.477 e. The van der Waals surface area contributed by atoms with Gasteiger partial charge < -0.3 is 25.9 Å². The number of carbonyl (C=O) groups excluding carboxylic acids is 3. The van der Waals surface area contributed by atoms with Crippen LogP contribution in [0, 0.1) is 0 Å². The minimum absolute atomic E-state index is 0.0235. The zero-order valence-corrected chi connectivity index (χ0v) is 32.6. The molecule has 1 unspecified atom stereocenters. The summed E-state index contributed by atoms with van der Waals surface area (Å²) in [4.78, 5) is 67.5. The van der Waals surface area contributed by atoms with E-state index in [0.29, 0.717) is 25.0 Å². The van der Waals surface area contributed by atoms with E-state index < -0.39 is 50.7 Å². The highest BCUT2D eigenvalue weighted by Crippen LogP contribution is 2.43. The molecule has 3 saturated heterocycles. The Morgan fingerprint density at radius 2 is 1.60 bits per heavy atom. The first-order chi connectivity index (χ1) is 27.5. The maximum Gasteiger partial charge on any atom is 0.352 e. The van der Waals surface area contributed by atoms with Crippen molar-refractivity contribution in [3.8, 4) is 0 Å². The van der Waals surface area contributed by atoms with Gasteiger partial charge in [0.05, 0.1) is 11.5 Å². The summed E-state index contributed by atoms with van der Waals surface area (Å²) in [7, 11) is -3.21. The van der Waals surface area contributed by atoms with Gasteiger partial charge in [0, 0.05) is 46.0 Å². The molecule has 57 heavy (non-hydrogen) atoms. The highest BCUT2D eigenvalue weighted by molar-refractivity contribution is 8.00. The van der Waals surface area contributed by atoms with Crippen LogP contribution in [-0.4, -0.2) is 99.0 Å². The number of rotatable bonds is 11. The van der Waals surface area contributed by atoms with Crippen molar-refractivity contribution in [2.75, 3.05) is 29.5 Å². The van der Waals surface area contributed by atoms with Gasteiger partial charge in [0.2, 0.25) is 11.5 Å². The van der Waals surface area contributed by atoms with E-state index in [1.165, 1.54) is 17.8 Å². The maximum atomic E-state index is 14.2. The van der Waals surface area contributed by atoms with E-state index in [2.05, 4.69) is 15.5 Å². The molecule has 0 bridgehead atoms. The summed E-state index contributed by atoms with van der Waals surface area (Å²) >= 11 is 2.34. The van der Waals surface area contributed by atoms with Crippen molar-refractivity contribution in [3.05, 3.63) is 142 Å². The number of fused-ring (bicyclic) bond motifs is 1. The van der Waals surface area contributed by atoms with Gasteiger partial charge in [0.25, 0.3) is 11.8 Å². The largest absolute Gasteiger partial charge is 0.477 e. The van der Waals surface area contributed by atoms with Gasteiger partial charge in [-0.1, -0.05) is 96.2 Å². The number of hydrogen-bond donors (Lipinski definition) is 3. The van der Waals surface area contributed by atoms with Crippen LogP contribution in [0.1, 0.15) is 35.2 Å². The molecular weight excluding hydrogens is 789 g/mol. The third kappa shape index (κ3) is 7.10. The molecule has 8 rings (SSSR count). The van der Waals surface area contributed by atoms with Gasteiger partial charge in [-0.05, 0) is 24.5 Å². The topological polar surface area (TPSA) is 202 Å². The lowest BCUT2D eigenvalue weighted by atomic mass is 9.80. The highest BCUT2D eigenvalue weighted by atomic mass is 32.2. The van der Waals surface area contributed by atoms with E-state index in [1.54, 1.807) is 10.3 Å². The molecule has 0 aliphatic carbocycles. The van der Waals surface area contributed by atoms with E-state index in [4.69, 9.17) is 10.6 Å². The van der Waals surface area contributed by atoms with Crippen LogP contribution < -0.4 is 11.1 Å². The fraction of sp³-hybridized carbons (Fsp3) is 0.250. The molecule has 5 heterocycles. The van der Waals surface area contributed by atoms with Gasteiger partial charge in [-0.25, -0.2) is 18.2 Å². The predicted molar refractivity (Wildman–Crippen MR) is 215 cm³/mol. The molecular formula is C40H36N6O8S3. The number of carboxylic acid groups (broad SMARTS) is 1.